The molecule has 0 aromatic heterocycles. The van der Waals surface area contributed by atoms with Gasteiger partial charge in [0, 0.05) is 5.54 Å². The van der Waals surface area contributed by atoms with Crippen LogP contribution < -0.4 is 9.46 Å². The maximum absolute atomic E-state index is 12.2. The molecule has 1 atom stereocenters. The van der Waals surface area contributed by atoms with Crippen LogP contribution in [0.2, 0.25) is 0 Å². The Morgan fingerprint density at radius 2 is 2.10 bits per heavy atom. The highest BCUT2D eigenvalue weighted by molar-refractivity contribution is 7.90. The van der Waals surface area contributed by atoms with Gasteiger partial charge in [0.1, 0.15) is 5.75 Å². The van der Waals surface area contributed by atoms with E-state index >= 15 is 0 Å². The number of nitrogens with zero attached hydrogens (tertiary/aromatic N) is 1. The quantitative estimate of drug-likeness (QED) is 0.837. The molecule has 0 bridgehead atoms. The highest BCUT2D eigenvalue weighted by Crippen LogP contribution is 2.19. The molecular weight excluding hydrogens is 288 g/mol. The van der Waals surface area contributed by atoms with Gasteiger partial charge in [0.05, 0.1) is 13.2 Å². The van der Waals surface area contributed by atoms with Gasteiger partial charge in [0.2, 0.25) is 10.0 Å². The fraction of sp³-hybridized carbons (Fsp3) is 0.533. The standard InChI is InChI=1S/C15H22N2O3S/c1-5-14(11-16)21(18,19)17-15(2,3)10-12-7-6-8-13(9-12)20-4/h6-9,14,17H,5,10H2,1-4H3/t14-/m0/s1. The van der Waals surface area contributed by atoms with Crippen LogP contribution in [-0.2, 0) is 16.4 Å². The van der Waals surface area contributed by atoms with E-state index in [0.29, 0.717) is 6.42 Å². The summed E-state index contributed by atoms with van der Waals surface area (Å²) in [4.78, 5) is 0. The molecule has 6 heteroatoms. The first-order chi connectivity index (χ1) is 9.74. The maximum atomic E-state index is 12.2. The third kappa shape index (κ3) is 5.03. The molecule has 1 aromatic carbocycles. The molecule has 0 radical (unpaired) electrons. The molecule has 0 amide bonds. The van der Waals surface area contributed by atoms with Crippen molar-refractivity contribution < 1.29 is 13.2 Å². The van der Waals surface area contributed by atoms with Gasteiger partial charge in [-0.3, -0.25) is 0 Å². The summed E-state index contributed by atoms with van der Waals surface area (Å²) in [5.41, 5.74) is 0.280. The Morgan fingerprint density at radius 3 is 2.62 bits per heavy atom. The van der Waals surface area contributed by atoms with E-state index in [0.717, 1.165) is 11.3 Å². The molecule has 1 rings (SSSR count). The Kier molecular flexibility index (Phi) is 5.76. The summed E-state index contributed by atoms with van der Waals surface area (Å²) in [6.07, 6.45) is 0.770. The van der Waals surface area contributed by atoms with Crippen LogP contribution in [0, 0.1) is 11.3 Å². The minimum absolute atomic E-state index is 0.265. The molecule has 0 aliphatic heterocycles. The number of hydrogen-bond donors (Lipinski definition) is 1. The fourth-order valence-electron chi connectivity index (χ4n) is 2.17. The zero-order chi connectivity index (χ0) is 16.1. The first-order valence-corrected chi connectivity index (χ1v) is 8.34. The summed E-state index contributed by atoms with van der Waals surface area (Å²) in [5.74, 6) is 0.731. The normalized spacial score (nSPS) is 13.5. The second kappa shape index (κ2) is 6.92. The number of hydrogen-bond acceptors (Lipinski definition) is 4. The van der Waals surface area contributed by atoms with E-state index in [1.807, 2.05) is 30.3 Å². The van der Waals surface area contributed by atoms with E-state index < -0.39 is 20.8 Å². The molecule has 5 nitrogen and oxygen atoms in total. The second-order valence-corrected chi connectivity index (χ2v) is 7.45. The number of rotatable bonds is 7. The van der Waals surface area contributed by atoms with Crippen molar-refractivity contribution in [2.24, 2.45) is 0 Å². The van der Waals surface area contributed by atoms with Crippen molar-refractivity contribution in [1.82, 2.24) is 4.72 Å². The van der Waals surface area contributed by atoms with Crippen molar-refractivity contribution in [2.45, 2.75) is 44.4 Å². The fourth-order valence-corrected chi connectivity index (χ4v) is 3.73. The largest absolute Gasteiger partial charge is 0.497 e. The number of sulfonamides is 1. The van der Waals surface area contributed by atoms with Gasteiger partial charge in [-0.15, -0.1) is 0 Å². The molecule has 0 aliphatic carbocycles. The summed E-state index contributed by atoms with van der Waals surface area (Å²) in [6.45, 7) is 5.28. The van der Waals surface area contributed by atoms with E-state index in [-0.39, 0.29) is 6.42 Å². The van der Waals surface area contributed by atoms with Crippen molar-refractivity contribution >= 4 is 10.0 Å². The average Bonchev–Trinajstić information content (AvgIpc) is 2.37. The zero-order valence-electron chi connectivity index (χ0n) is 12.9. The van der Waals surface area contributed by atoms with Crippen LogP contribution in [0.25, 0.3) is 0 Å². The Bertz CT molecular complexity index is 618. The Morgan fingerprint density at radius 1 is 1.43 bits per heavy atom. The molecule has 0 saturated heterocycles. The molecule has 0 heterocycles. The third-order valence-electron chi connectivity index (χ3n) is 3.09. The minimum Gasteiger partial charge on any atom is -0.497 e. The van der Waals surface area contributed by atoms with Crippen molar-refractivity contribution in [2.75, 3.05) is 7.11 Å². The van der Waals surface area contributed by atoms with Crippen molar-refractivity contribution in [3.63, 3.8) is 0 Å². The Labute approximate surface area is 127 Å². The maximum Gasteiger partial charge on any atom is 0.228 e. The smallest absolute Gasteiger partial charge is 0.228 e. The van der Waals surface area contributed by atoms with Crippen LogP contribution in [0.3, 0.4) is 0 Å². The average molecular weight is 310 g/mol. The van der Waals surface area contributed by atoms with E-state index in [2.05, 4.69) is 4.72 Å². The number of nitriles is 1. The van der Waals surface area contributed by atoms with E-state index in [9.17, 15) is 8.42 Å². The van der Waals surface area contributed by atoms with Crippen LogP contribution >= 0.6 is 0 Å². The molecule has 0 saturated carbocycles. The first kappa shape index (κ1) is 17.5. The number of ether oxygens (including phenoxy) is 1. The lowest BCUT2D eigenvalue weighted by Crippen LogP contribution is -2.48. The van der Waals surface area contributed by atoms with E-state index in [4.69, 9.17) is 10.00 Å². The number of benzene rings is 1. The molecule has 1 aromatic rings. The summed E-state index contributed by atoms with van der Waals surface area (Å²) in [5, 5.41) is 7.90. The van der Waals surface area contributed by atoms with E-state index in [1.54, 1.807) is 27.9 Å². The van der Waals surface area contributed by atoms with Crippen molar-refractivity contribution in [3.05, 3.63) is 29.8 Å². The highest BCUT2D eigenvalue weighted by atomic mass is 32.2. The second-order valence-electron chi connectivity index (χ2n) is 5.59. The van der Waals surface area contributed by atoms with Crippen LogP contribution in [0.15, 0.2) is 24.3 Å². The van der Waals surface area contributed by atoms with Gasteiger partial charge in [-0.05, 0) is 44.4 Å². The predicted octanol–water partition coefficient (Wildman–Crippen LogP) is 2.24. The molecule has 0 fully saturated rings. The lowest BCUT2D eigenvalue weighted by atomic mass is 9.96. The number of methoxy groups -OCH3 is 1. The summed E-state index contributed by atoms with van der Waals surface area (Å²) < 4.78 is 32.1. The Hall–Kier alpha value is -1.58. The van der Waals surface area contributed by atoms with Gasteiger partial charge in [-0.1, -0.05) is 19.1 Å². The topological polar surface area (TPSA) is 79.2 Å². The number of nitrogens with one attached hydrogen (secondary N) is 1. The van der Waals surface area contributed by atoms with Crippen LogP contribution in [-0.4, -0.2) is 26.3 Å². The third-order valence-corrected chi connectivity index (χ3v) is 5.11. The molecule has 0 spiro atoms. The van der Waals surface area contributed by atoms with Crippen LogP contribution in [0.4, 0.5) is 0 Å². The van der Waals surface area contributed by atoms with Gasteiger partial charge in [0.25, 0.3) is 0 Å². The Balaban J connectivity index is 2.89. The molecule has 0 unspecified atom stereocenters. The van der Waals surface area contributed by atoms with Crippen LogP contribution in [0.5, 0.6) is 5.75 Å². The SMILES string of the molecule is CC[C@@H](C#N)S(=O)(=O)NC(C)(C)Cc1cccc(OC)c1. The van der Waals surface area contributed by atoms with Gasteiger partial charge < -0.3 is 4.74 Å². The van der Waals surface area contributed by atoms with Gasteiger partial charge >= 0.3 is 0 Å². The lowest BCUT2D eigenvalue weighted by molar-refractivity contribution is 0.412. The molecule has 116 valence electrons. The van der Waals surface area contributed by atoms with Gasteiger partial charge in [-0.25, -0.2) is 13.1 Å². The van der Waals surface area contributed by atoms with Crippen molar-refractivity contribution in [1.29, 1.82) is 5.26 Å². The van der Waals surface area contributed by atoms with Crippen molar-refractivity contribution in [3.8, 4) is 11.8 Å². The molecule has 1 N–H and O–H groups in total. The summed E-state index contributed by atoms with van der Waals surface area (Å²) >= 11 is 0. The molecular formula is C15H22N2O3S. The van der Waals surface area contributed by atoms with Crippen LogP contribution in [0.1, 0.15) is 32.8 Å². The minimum atomic E-state index is -3.66. The lowest BCUT2D eigenvalue weighted by Gasteiger charge is -2.27. The predicted molar refractivity (Wildman–Crippen MR) is 82.5 cm³/mol. The van der Waals surface area contributed by atoms with E-state index in [1.165, 1.54) is 0 Å². The first-order valence-electron chi connectivity index (χ1n) is 6.79. The highest BCUT2D eigenvalue weighted by Gasteiger charge is 2.30. The molecule has 0 aliphatic rings. The van der Waals surface area contributed by atoms with Gasteiger partial charge in [0.15, 0.2) is 5.25 Å². The molecule has 21 heavy (non-hydrogen) atoms. The van der Waals surface area contributed by atoms with Gasteiger partial charge in [-0.2, -0.15) is 5.26 Å². The zero-order valence-corrected chi connectivity index (χ0v) is 13.7. The summed E-state index contributed by atoms with van der Waals surface area (Å²) in [6, 6.07) is 9.32. The monoisotopic (exact) mass is 310 g/mol. The summed E-state index contributed by atoms with van der Waals surface area (Å²) in [7, 11) is -2.07.